The predicted molar refractivity (Wildman–Crippen MR) is 115 cm³/mol. The van der Waals surface area contributed by atoms with E-state index in [1.165, 1.54) is 18.2 Å². The molecule has 150 valence electrons. The van der Waals surface area contributed by atoms with Crippen molar-refractivity contribution in [3.8, 4) is 5.75 Å². The lowest BCUT2D eigenvalue weighted by atomic mass is 10.0. The van der Waals surface area contributed by atoms with Gasteiger partial charge in [0.15, 0.2) is 5.78 Å². The highest BCUT2D eigenvalue weighted by Crippen LogP contribution is 2.19. The maximum Gasteiger partial charge on any atom is 0.252 e. The molecule has 29 heavy (non-hydrogen) atoms. The SMILES string of the molecule is Cl.NC(=O)c1cc(C(=O)CN(Cc2ccccc2)Cc2ccccc2)ccc1O. The van der Waals surface area contributed by atoms with Gasteiger partial charge in [0.25, 0.3) is 5.91 Å². The molecule has 0 aliphatic rings. The van der Waals surface area contributed by atoms with E-state index in [0.717, 1.165) is 11.1 Å². The number of hydrogen-bond acceptors (Lipinski definition) is 4. The van der Waals surface area contributed by atoms with E-state index < -0.39 is 5.91 Å². The monoisotopic (exact) mass is 410 g/mol. The molecule has 3 rings (SSSR count). The van der Waals surface area contributed by atoms with E-state index in [4.69, 9.17) is 5.73 Å². The summed E-state index contributed by atoms with van der Waals surface area (Å²) in [6, 6.07) is 24.1. The number of hydrogen-bond donors (Lipinski definition) is 2. The molecule has 3 N–H and O–H groups in total. The molecular weight excluding hydrogens is 388 g/mol. The molecule has 3 aromatic rings. The Morgan fingerprint density at radius 3 is 1.83 bits per heavy atom. The maximum absolute atomic E-state index is 12.8. The Balaban J connectivity index is 0.00000300. The van der Waals surface area contributed by atoms with Crippen molar-refractivity contribution < 1.29 is 14.7 Å². The predicted octanol–water partition coefficient (Wildman–Crippen LogP) is 3.80. The summed E-state index contributed by atoms with van der Waals surface area (Å²) in [4.78, 5) is 26.3. The molecule has 0 aliphatic carbocycles. The summed E-state index contributed by atoms with van der Waals surface area (Å²) in [7, 11) is 0. The molecule has 0 aromatic heterocycles. The molecule has 0 saturated carbocycles. The summed E-state index contributed by atoms with van der Waals surface area (Å²) in [5, 5.41) is 9.74. The smallest absolute Gasteiger partial charge is 0.252 e. The van der Waals surface area contributed by atoms with Crippen molar-refractivity contribution in [3.05, 3.63) is 101 Å². The van der Waals surface area contributed by atoms with Gasteiger partial charge in [0.1, 0.15) is 5.75 Å². The van der Waals surface area contributed by atoms with E-state index in [0.29, 0.717) is 18.7 Å². The molecule has 0 fully saturated rings. The van der Waals surface area contributed by atoms with Gasteiger partial charge in [0.05, 0.1) is 12.1 Å². The molecular formula is C23H23ClN2O3. The van der Waals surface area contributed by atoms with Crippen LogP contribution >= 0.6 is 12.4 Å². The number of amides is 1. The Bertz CT molecular complexity index is 921. The van der Waals surface area contributed by atoms with Crippen LogP contribution < -0.4 is 5.73 Å². The zero-order valence-electron chi connectivity index (χ0n) is 15.8. The van der Waals surface area contributed by atoms with E-state index in [1.54, 1.807) is 0 Å². The number of ketones is 1. The second-order valence-electron chi connectivity index (χ2n) is 6.64. The average molecular weight is 411 g/mol. The number of Topliss-reactive ketones (excluding diaryl/α,β-unsaturated/α-hetero) is 1. The molecule has 1 amide bonds. The van der Waals surface area contributed by atoms with Crippen molar-refractivity contribution in [2.24, 2.45) is 5.73 Å². The molecule has 5 nitrogen and oxygen atoms in total. The van der Waals surface area contributed by atoms with Crippen LogP contribution in [0.4, 0.5) is 0 Å². The molecule has 0 unspecified atom stereocenters. The highest BCUT2D eigenvalue weighted by molar-refractivity contribution is 6.02. The van der Waals surface area contributed by atoms with E-state index in [1.807, 2.05) is 65.6 Å². The second-order valence-corrected chi connectivity index (χ2v) is 6.64. The minimum atomic E-state index is -0.766. The fraction of sp³-hybridized carbons (Fsp3) is 0.130. The first-order valence-electron chi connectivity index (χ1n) is 8.99. The number of nitrogens with zero attached hydrogens (tertiary/aromatic N) is 1. The molecule has 0 bridgehead atoms. The first kappa shape index (κ1) is 22.1. The van der Waals surface area contributed by atoms with Crippen LogP contribution in [0.3, 0.4) is 0 Å². The second kappa shape index (κ2) is 10.4. The summed E-state index contributed by atoms with van der Waals surface area (Å²) < 4.78 is 0. The fourth-order valence-electron chi connectivity index (χ4n) is 3.05. The van der Waals surface area contributed by atoms with E-state index in [-0.39, 0.29) is 36.0 Å². The third kappa shape index (κ3) is 6.17. The first-order chi connectivity index (χ1) is 13.5. The van der Waals surface area contributed by atoms with E-state index >= 15 is 0 Å². The highest BCUT2D eigenvalue weighted by atomic mass is 35.5. The molecule has 0 spiro atoms. The van der Waals surface area contributed by atoms with Crippen molar-refractivity contribution in [2.75, 3.05) is 6.54 Å². The number of carbonyl (C=O) groups excluding carboxylic acids is 2. The topological polar surface area (TPSA) is 83.6 Å². The Morgan fingerprint density at radius 1 is 0.828 bits per heavy atom. The third-order valence-electron chi connectivity index (χ3n) is 4.45. The average Bonchev–Trinajstić information content (AvgIpc) is 2.69. The standard InChI is InChI=1S/C23H22N2O3.ClH/c24-23(28)20-13-19(11-12-21(20)26)22(27)16-25(14-17-7-3-1-4-8-17)15-18-9-5-2-6-10-18;/h1-13,26H,14-16H2,(H2,24,28);1H. The van der Waals surface area contributed by atoms with Gasteiger partial charge in [-0.2, -0.15) is 0 Å². The van der Waals surface area contributed by atoms with Gasteiger partial charge < -0.3 is 10.8 Å². The highest BCUT2D eigenvalue weighted by Gasteiger charge is 2.17. The van der Waals surface area contributed by atoms with Crippen LogP contribution in [-0.2, 0) is 13.1 Å². The fourth-order valence-corrected chi connectivity index (χ4v) is 3.05. The number of primary amides is 1. The van der Waals surface area contributed by atoms with Crippen LogP contribution in [0, 0.1) is 0 Å². The zero-order valence-corrected chi connectivity index (χ0v) is 16.6. The van der Waals surface area contributed by atoms with Crippen molar-refractivity contribution in [2.45, 2.75) is 13.1 Å². The van der Waals surface area contributed by atoms with Gasteiger partial charge in [0.2, 0.25) is 0 Å². The van der Waals surface area contributed by atoms with Crippen molar-refractivity contribution >= 4 is 24.1 Å². The Hall–Kier alpha value is -3.15. The van der Waals surface area contributed by atoms with Crippen LogP contribution in [0.25, 0.3) is 0 Å². The lowest BCUT2D eigenvalue weighted by molar-refractivity contribution is 0.0920. The molecule has 0 atom stereocenters. The van der Waals surface area contributed by atoms with Crippen LogP contribution in [0.5, 0.6) is 5.75 Å². The van der Waals surface area contributed by atoms with Crippen molar-refractivity contribution in [3.63, 3.8) is 0 Å². The van der Waals surface area contributed by atoms with Gasteiger partial charge in [-0.15, -0.1) is 12.4 Å². The normalized spacial score (nSPS) is 10.4. The lowest BCUT2D eigenvalue weighted by Crippen LogP contribution is -2.29. The number of rotatable bonds is 8. The number of halogens is 1. The molecule has 6 heteroatoms. The third-order valence-corrected chi connectivity index (χ3v) is 4.45. The molecule has 0 saturated heterocycles. The van der Waals surface area contributed by atoms with Crippen LogP contribution in [0.15, 0.2) is 78.9 Å². The van der Waals surface area contributed by atoms with Gasteiger partial charge in [-0.25, -0.2) is 0 Å². The summed E-state index contributed by atoms with van der Waals surface area (Å²) in [5.41, 5.74) is 7.77. The Morgan fingerprint density at radius 2 is 1.34 bits per heavy atom. The summed E-state index contributed by atoms with van der Waals surface area (Å²) in [6.45, 7) is 1.40. The molecule has 0 heterocycles. The van der Waals surface area contributed by atoms with Crippen molar-refractivity contribution in [1.29, 1.82) is 0 Å². The molecule has 0 aliphatic heterocycles. The van der Waals surface area contributed by atoms with E-state index in [2.05, 4.69) is 0 Å². The largest absolute Gasteiger partial charge is 0.507 e. The van der Waals surface area contributed by atoms with Gasteiger partial charge in [-0.05, 0) is 29.3 Å². The Labute approximate surface area is 176 Å². The number of phenols is 1. The maximum atomic E-state index is 12.8. The van der Waals surface area contributed by atoms with Crippen LogP contribution in [-0.4, -0.2) is 28.2 Å². The summed E-state index contributed by atoms with van der Waals surface area (Å²) in [6.07, 6.45) is 0. The number of carbonyl (C=O) groups is 2. The number of benzene rings is 3. The first-order valence-corrected chi connectivity index (χ1v) is 8.99. The van der Waals surface area contributed by atoms with E-state index in [9.17, 15) is 14.7 Å². The van der Waals surface area contributed by atoms with Gasteiger partial charge in [0, 0.05) is 18.7 Å². The number of nitrogens with two attached hydrogens (primary N) is 1. The Kier molecular flexibility index (Phi) is 7.95. The summed E-state index contributed by atoms with van der Waals surface area (Å²) in [5.74, 6) is -1.14. The van der Waals surface area contributed by atoms with Crippen LogP contribution in [0.1, 0.15) is 31.8 Å². The molecule has 0 radical (unpaired) electrons. The zero-order chi connectivity index (χ0) is 19.9. The van der Waals surface area contributed by atoms with Gasteiger partial charge in [-0.1, -0.05) is 60.7 Å². The van der Waals surface area contributed by atoms with Crippen LogP contribution in [0.2, 0.25) is 0 Å². The summed E-state index contributed by atoms with van der Waals surface area (Å²) >= 11 is 0. The number of aromatic hydroxyl groups is 1. The minimum Gasteiger partial charge on any atom is -0.507 e. The van der Waals surface area contributed by atoms with Gasteiger partial charge in [-0.3, -0.25) is 14.5 Å². The quantitative estimate of drug-likeness (QED) is 0.553. The van der Waals surface area contributed by atoms with Crippen molar-refractivity contribution in [1.82, 2.24) is 4.90 Å². The molecule has 3 aromatic carbocycles. The lowest BCUT2D eigenvalue weighted by Gasteiger charge is -2.22. The minimum absolute atomic E-state index is 0. The van der Waals surface area contributed by atoms with Gasteiger partial charge >= 0.3 is 0 Å².